The number of allylic oxidation sites excluding steroid dienone is 3. The Hall–Kier alpha value is -3.10. The zero-order valence-corrected chi connectivity index (χ0v) is 12.8. The van der Waals surface area contributed by atoms with Gasteiger partial charge >= 0.3 is 12.2 Å². The van der Waals surface area contributed by atoms with E-state index in [1.807, 2.05) is 0 Å². The maximum absolute atomic E-state index is 12.6. The molecule has 132 valence electrons. The molecule has 1 aromatic carbocycles. The van der Waals surface area contributed by atoms with Crippen molar-refractivity contribution in [2.45, 2.75) is 12.6 Å². The van der Waals surface area contributed by atoms with Crippen LogP contribution in [0.25, 0.3) is 0 Å². The monoisotopic (exact) mass is 353 g/mol. The van der Waals surface area contributed by atoms with Crippen molar-refractivity contribution in [3.05, 3.63) is 53.9 Å². The predicted octanol–water partition coefficient (Wildman–Crippen LogP) is 3.07. The minimum absolute atomic E-state index is 0.00260. The van der Waals surface area contributed by atoms with Crippen LogP contribution in [0.1, 0.15) is 12.0 Å². The van der Waals surface area contributed by atoms with Crippen molar-refractivity contribution in [2.24, 2.45) is 0 Å². The molecule has 0 saturated carbocycles. The number of hydrogen-bond acceptors (Lipinski definition) is 4. The molecule has 0 unspecified atom stereocenters. The average molecular weight is 353 g/mol. The summed E-state index contributed by atoms with van der Waals surface area (Å²) in [5.74, 6) is -0.397. The number of halogens is 3. The third kappa shape index (κ3) is 4.93. The Bertz CT molecular complexity index is 742. The number of alkyl halides is 3. The lowest BCUT2D eigenvalue weighted by Gasteiger charge is -2.26. The van der Waals surface area contributed by atoms with E-state index in [2.05, 4.69) is 5.32 Å². The number of carbonyl (C=O) groups is 2. The topological polar surface area (TPSA) is 82.5 Å². The number of nitrogens with zero attached hydrogens (tertiary/aromatic N) is 1. The molecule has 1 aliphatic heterocycles. The summed E-state index contributed by atoms with van der Waals surface area (Å²) in [6, 6.07) is 3.73. The number of rotatable bonds is 5. The minimum atomic E-state index is -4.46. The summed E-state index contributed by atoms with van der Waals surface area (Å²) in [5.41, 5.74) is -0.627. The number of carbonyl (C=O) groups excluding carboxylic acids is 2. The molecule has 6 nitrogen and oxygen atoms in total. The Labute approximate surface area is 141 Å². The first kappa shape index (κ1) is 18.2. The highest BCUT2D eigenvalue weighted by Gasteiger charge is 2.30. The van der Waals surface area contributed by atoms with Gasteiger partial charge in [-0.05, 0) is 30.4 Å². The average Bonchev–Trinajstić information content (AvgIpc) is 2.55. The zero-order valence-electron chi connectivity index (χ0n) is 12.8. The summed E-state index contributed by atoms with van der Waals surface area (Å²) < 4.78 is 42.9. The largest absolute Gasteiger partial charge is 0.465 e. The van der Waals surface area contributed by atoms with E-state index in [-0.39, 0.29) is 24.4 Å². The zero-order chi connectivity index (χ0) is 18.4. The molecule has 2 rings (SSSR count). The minimum Gasteiger partial charge on any atom is -0.465 e. The Kier molecular flexibility index (Phi) is 5.58. The normalized spacial score (nSPS) is 16.1. The lowest BCUT2D eigenvalue weighted by Crippen LogP contribution is -2.49. The molecule has 3 amide bonds. The first-order valence-corrected chi connectivity index (χ1v) is 7.14. The van der Waals surface area contributed by atoms with Gasteiger partial charge in [0.05, 0.1) is 17.5 Å². The summed E-state index contributed by atoms with van der Waals surface area (Å²) in [4.78, 5) is 24.0. The van der Waals surface area contributed by atoms with Crippen LogP contribution in [0.5, 0.6) is 5.75 Å². The van der Waals surface area contributed by atoms with Crippen LogP contribution in [-0.2, 0) is 11.0 Å². The van der Waals surface area contributed by atoms with Crippen molar-refractivity contribution in [1.29, 1.82) is 5.41 Å². The Morgan fingerprint density at radius 2 is 2.08 bits per heavy atom. The summed E-state index contributed by atoms with van der Waals surface area (Å²) >= 11 is 0. The van der Waals surface area contributed by atoms with E-state index >= 15 is 0 Å². The standard InChI is InChI=1S/C16H14F3N3O3/c17-16(18,19)11-3-1-5-13(9-11)25-8-2-4-12(10-20)22-7-6-14(23)21-15(22)24/h1-5,8-10,20H,6-7H2,(H,21,23,24)/b8-2+,12-4+,20-10?. The van der Waals surface area contributed by atoms with Crippen molar-refractivity contribution in [3.8, 4) is 5.75 Å². The highest BCUT2D eigenvalue weighted by molar-refractivity contribution is 5.99. The van der Waals surface area contributed by atoms with E-state index in [9.17, 15) is 22.8 Å². The van der Waals surface area contributed by atoms with Crippen molar-refractivity contribution in [3.63, 3.8) is 0 Å². The summed E-state index contributed by atoms with van der Waals surface area (Å²) in [5, 5.41) is 9.46. The molecule has 1 saturated heterocycles. The van der Waals surface area contributed by atoms with E-state index in [0.29, 0.717) is 0 Å². The fourth-order valence-electron chi connectivity index (χ4n) is 2.03. The Balaban J connectivity index is 2.03. The molecule has 0 aliphatic carbocycles. The second kappa shape index (κ2) is 7.65. The van der Waals surface area contributed by atoms with Gasteiger partial charge in [0.2, 0.25) is 5.91 Å². The highest BCUT2D eigenvalue weighted by Crippen LogP contribution is 2.31. The molecular formula is C16H14F3N3O3. The smallest absolute Gasteiger partial charge is 0.416 e. The van der Waals surface area contributed by atoms with Gasteiger partial charge in [-0.25, -0.2) is 4.79 Å². The second-order valence-corrected chi connectivity index (χ2v) is 4.96. The van der Waals surface area contributed by atoms with Gasteiger partial charge in [-0.2, -0.15) is 13.2 Å². The molecule has 25 heavy (non-hydrogen) atoms. The maximum Gasteiger partial charge on any atom is 0.416 e. The Morgan fingerprint density at radius 1 is 1.32 bits per heavy atom. The van der Waals surface area contributed by atoms with Crippen molar-refractivity contribution < 1.29 is 27.5 Å². The number of benzene rings is 1. The molecule has 1 aromatic rings. The van der Waals surface area contributed by atoms with E-state index in [4.69, 9.17) is 10.1 Å². The van der Waals surface area contributed by atoms with Gasteiger partial charge in [-0.15, -0.1) is 0 Å². The van der Waals surface area contributed by atoms with Gasteiger partial charge in [0.1, 0.15) is 5.75 Å². The summed E-state index contributed by atoms with van der Waals surface area (Å²) in [6.45, 7) is 0.133. The molecule has 0 radical (unpaired) electrons. The Morgan fingerprint density at radius 3 is 2.72 bits per heavy atom. The van der Waals surface area contributed by atoms with Crippen LogP contribution >= 0.6 is 0 Å². The van der Waals surface area contributed by atoms with Crippen LogP contribution in [0, 0.1) is 5.41 Å². The van der Waals surface area contributed by atoms with Crippen LogP contribution in [0.15, 0.2) is 48.4 Å². The van der Waals surface area contributed by atoms with E-state index in [0.717, 1.165) is 24.6 Å². The molecule has 9 heteroatoms. The first-order valence-electron chi connectivity index (χ1n) is 7.14. The third-order valence-corrected chi connectivity index (χ3v) is 3.22. The van der Waals surface area contributed by atoms with Gasteiger partial charge in [0.25, 0.3) is 0 Å². The van der Waals surface area contributed by atoms with Crippen LogP contribution in [0.2, 0.25) is 0 Å². The highest BCUT2D eigenvalue weighted by atomic mass is 19.4. The van der Waals surface area contributed by atoms with Gasteiger partial charge in [0, 0.05) is 19.2 Å². The molecule has 0 bridgehead atoms. The molecule has 2 N–H and O–H groups in total. The third-order valence-electron chi connectivity index (χ3n) is 3.22. The number of urea groups is 1. The fourth-order valence-corrected chi connectivity index (χ4v) is 2.03. The molecule has 0 atom stereocenters. The first-order chi connectivity index (χ1) is 11.8. The van der Waals surface area contributed by atoms with E-state index in [1.54, 1.807) is 0 Å². The second-order valence-electron chi connectivity index (χ2n) is 4.96. The van der Waals surface area contributed by atoms with Gasteiger partial charge in [0.15, 0.2) is 0 Å². The summed E-state index contributed by atoms with van der Waals surface area (Å²) in [7, 11) is 0. The van der Waals surface area contributed by atoms with Crippen molar-refractivity contribution >= 4 is 18.2 Å². The van der Waals surface area contributed by atoms with Crippen molar-refractivity contribution in [1.82, 2.24) is 10.2 Å². The lowest BCUT2D eigenvalue weighted by molar-refractivity contribution is -0.137. The number of amides is 3. The lowest BCUT2D eigenvalue weighted by atomic mass is 10.2. The molecule has 1 fully saturated rings. The van der Waals surface area contributed by atoms with Gasteiger partial charge < -0.3 is 10.1 Å². The fraction of sp³-hybridized carbons (Fsp3) is 0.188. The van der Waals surface area contributed by atoms with Crippen LogP contribution < -0.4 is 10.1 Å². The molecule has 1 heterocycles. The molecular weight excluding hydrogens is 339 g/mol. The number of nitrogens with one attached hydrogen (secondary N) is 2. The van der Waals surface area contributed by atoms with Gasteiger partial charge in [-0.3, -0.25) is 15.0 Å². The van der Waals surface area contributed by atoms with Crippen LogP contribution in [0.4, 0.5) is 18.0 Å². The van der Waals surface area contributed by atoms with Crippen molar-refractivity contribution in [2.75, 3.05) is 6.54 Å². The van der Waals surface area contributed by atoms with E-state index in [1.165, 1.54) is 29.2 Å². The number of imide groups is 1. The molecule has 1 aliphatic rings. The van der Waals surface area contributed by atoms with Crippen LogP contribution in [0.3, 0.4) is 0 Å². The number of hydrogen-bond donors (Lipinski definition) is 2. The van der Waals surface area contributed by atoms with Gasteiger partial charge in [-0.1, -0.05) is 6.07 Å². The maximum atomic E-state index is 12.6. The van der Waals surface area contributed by atoms with Crippen LogP contribution in [-0.4, -0.2) is 29.6 Å². The molecule has 0 aromatic heterocycles. The summed E-state index contributed by atoms with van der Waals surface area (Å²) in [6.07, 6.45) is 0.410. The molecule has 0 spiro atoms. The number of ether oxygens (including phenoxy) is 1. The SMILES string of the molecule is N=C/C(=C\C=C\Oc1cccc(C(F)(F)F)c1)N1CCC(=O)NC1=O. The quantitative estimate of drug-likeness (QED) is 0.485. The van der Waals surface area contributed by atoms with E-state index < -0.39 is 23.7 Å². The predicted molar refractivity (Wildman–Crippen MR) is 82.9 cm³/mol.